The molecule has 3 aromatic rings. The van der Waals surface area contributed by atoms with Crippen molar-refractivity contribution in [3.63, 3.8) is 0 Å². The topological polar surface area (TPSA) is 34.0 Å². The maximum atomic E-state index is 6.27. The number of nitrogens with zero attached hydrogens (tertiary/aromatic N) is 4. The molecule has 0 spiro atoms. The molecule has 2 aromatic heterocycles. The summed E-state index contributed by atoms with van der Waals surface area (Å²) in [5.41, 5.74) is 4.73. The van der Waals surface area contributed by atoms with E-state index in [0.29, 0.717) is 11.1 Å². The van der Waals surface area contributed by atoms with Gasteiger partial charge in [-0.15, -0.1) is 0 Å². The molecule has 1 fully saturated rings. The van der Waals surface area contributed by atoms with E-state index in [2.05, 4.69) is 45.9 Å². The van der Waals surface area contributed by atoms with Gasteiger partial charge in [-0.05, 0) is 30.4 Å². The summed E-state index contributed by atoms with van der Waals surface area (Å²) in [6.07, 6.45) is 4.57. The van der Waals surface area contributed by atoms with Crippen molar-refractivity contribution in [3.8, 4) is 11.3 Å². The smallest absolute Gasteiger partial charge is 0.227 e. The Balaban J connectivity index is 1.86. The monoisotopic (exact) mass is 324 g/mol. The largest absolute Gasteiger partial charge is 0.350 e. The highest BCUT2D eigenvalue weighted by Crippen LogP contribution is 2.37. The minimum Gasteiger partial charge on any atom is -0.350 e. The summed E-state index contributed by atoms with van der Waals surface area (Å²) in [6.45, 7) is 1.97. The first-order valence-corrected chi connectivity index (χ1v) is 8.46. The van der Waals surface area contributed by atoms with E-state index in [0.717, 1.165) is 43.1 Å². The third kappa shape index (κ3) is 1.98. The predicted molar refractivity (Wildman–Crippen MR) is 93.1 cm³/mol. The van der Waals surface area contributed by atoms with Gasteiger partial charge in [0.25, 0.3) is 0 Å². The van der Waals surface area contributed by atoms with E-state index in [9.17, 15) is 0 Å². The molecule has 5 aliphatic rings. The number of halogens is 1. The molecule has 0 unspecified atom stereocenters. The minimum absolute atomic E-state index is 0.511. The summed E-state index contributed by atoms with van der Waals surface area (Å²) in [7, 11) is 2.13. The number of benzene rings is 1. The number of piperidine rings is 1. The molecule has 0 atom stereocenters. The van der Waals surface area contributed by atoms with E-state index < -0.39 is 0 Å². The SMILES string of the molecule is Cn1cc2c3ccc(cc31)-c1cc(Cl)nc(n1)N1CCC2CC1. The Hall–Kier alpha value is -2.07. The lowest BCUT2D eigenvalue weighted by Crippen LogP contribution is -2.34. The molecule has 0 radical (unpaired) electrons. The Morgan fingerprint density at radius 3 is 2.78 bits per heavy atom. The first-order chi connectivity index (χ1) is 11.2. The summed E-state index contributed by atoms with van der Waals surface area (Å²) in [6, 6.07) is 8.46. The lowest BCUT2D eigenvalue weighted by molar-refractivity contribution is 0.501. The summed E-state index contributed by atoms with van der Waals surface area (Å²) in [4.78, 5) is 11.5. The van der Waals surface area contributed by atoms with Crippen molar-refractivity contribution in [2.24, 2.45) is 7.05 Å². The van der Waals surface area contributed by atoms with Crippen molar-refractivity contribution in [2.75, 3.05) is 18.0 Å². The van der Waals surface area contributed by atoms with Crippen LogP contribution in [0.4, 0.5) is 5.95 Å². The number of hydrogen-bond donors (Lipinski definition) is 0. The van der Waals surface area contributed by atoms with Crippen LogP contribution in [0.25, 0.3) is 22.2 Å². The van der Waals surface area contributed by atoms with E-state index in [-0.39, 0.29) is 0 Å². The van der Waals surface area contributed by atoms with Gasteiger partial charge in [0.05, 0.1) is 5.69 Å². The second-order valence-electron chi connectivity index (χ2n) is 6.56. The van der Waals surface area contributed by atoms with Gasteiger partial charge < -0.3 is 9.47 Å². The molecule has 4 nitrogen and oxygen atoms in total. The van der Waals surface area contributed by atoms with Gasteiger partial charge in [-0.3, -0.25) is 0 Å². The second kappa shape index (κ2) is 4.71. The van der Waals surface area contributed by atoms with E-state index in [4.69, 9.17) is 16.6 Å². The fraction of sp³-hybridized carbons (Fsp3) is 0.333. The van der Waals surface area contributed by atoms with Crippen LogP contribution in [0.5, 0.6) is 0 Å². The van der Waals surface area contributed by atoms with Gasteiger partial charge >= 0.3 is 0 Å². The highest BCUT2D eigenvalue weighted by Gasteiger charge is 2.26. The van der Waals surface area contributed by atoms with Gasteiger partial charge in [0, 0.05) is 48.9 Å². The zero-order valence-corrected chi connectivity index (χ0v) is 13.7. The highest BCUT2D eigenvalue weighted by atomic mass is 35.5. The van der Waals surface area contributed by atoms with E-state index in [1.54, 1.807) is 0 Å². The Morgan fingerprint density at radius 2 is 1.96 bits per heavy atom. The number of hydrogen-bond acceptors (Lipinski definition) is 3. The Bertz CT molecular complexity index is 922. The molecule has 1 aromatic carbocycles. The molecule has 5 aliphatic heterocycles. The van der Waals surface area contributed by atoms with Gasteiger partial charge in [0.15, 0.2) is 0 Å². The van der Waals surface area contributed by atoms with Crippen LogP contribution in [-0.2, 0) is 7.05 Å². The van der Waals surface area contributed by atoms with Crippen LogP contribution >= 0.6 is 11.6 Å². The molecule has 0 amide bonds. The minimum atomic E-state index is 0.511. The molecule has 23 heavy (non-hydrogen) atoms. The Morgan fingerprint density at radius 1 is 1.13 bits per heavy atom. The van der Waals surface area contributed by atoms with Crippen LogP contribution in [0.2, 0.25) is 5.15 Å². The van der Waals surface area contributed by atoms with Crippen molar-refractivity contribution >= 4 is 28.5 Å². The molecule has 0 aliphatic carbocycles. The predicted octanol–water partition coefficient (Wildman–Crippen LogP) is 3.99. The molecule has 8 rings (SSSR count). The molecular weight excluding hydrogens is 308 g/mol. The lowest BCUT2D eigenvalue weighted by atomic mass is 9.89. The maximum absolute atomic E-state index is 6.27. The molecule has 0 N–H and O–H groups in total. The summed E-state index contributed by atoms with van der Waals surface area (Å²) in [5.74, 6) is 1.37. The van der Waals surface area contributed by atoms with Crippen molar-refractivity contribution in [1.29, 1.82) is 0 Å². The standard InChI is InChI=1S/C18H17ClN4/c1-22-10-14-11-4-6-23(7-5-11)18-20-15(9-17(19)21-18)12-2-3-13(14)16(22)8-12/h2-3,8-11H,4-7H2,1H3. The molecular formula is C18H17ClN4. The zero-order chi connectivity index (χ0) is 15.6. The van der Waals surface area contributed by atoms with Crippen molar-refractivity contribution in [2.45, 2.75) is 18.8 Å². The van der Waals surface area contributed by atoms with Crippen molar-refractivity contribution in [1.82, 2.24) is 14.5 Å². The van der Waals surface area contributed by atoms with Gasteiger partial charge in [-0.25, -0.2) is 9.97 Å². The quantitative estimate of drug-likeness (QED) is 0.586. The van der Waals surface area contributed by atoms with Crippen molar-refractivity contribution in [3.05, 3.63) is 41.2 Å². The van der Waals surface area contributed by atoms with Gasteiger partial charge in [-0.1, -0.05) is 23.7 Å². The maximum Gasteiger partial charge on any atom is 0.227 e. The van der Waals surface area contributed by atoms with Crippen LogP contribution in [-0.4, -0.2) is 27.6 Å². The fourth-order valence-corrected chi connectivity index (χ4v) is 4.16. The van der Waals surface area contributed by atoms with E-state index >= 15 is 0 Å². The first-order valence-electron chi connectivity index (χ1n) is 8.08. The summed E-state index contributed by atoms with van der Waals surface area (Å²) >= 11 is 6.27. The molecule has 5 heteroatoms. The molecule has 1 saturated heterocycles. The average Bonchev–Trinajstić information content (AvgIpc) is 2.90. The third-order valence-corrected chi connectivity index (χ3v) is 5.41. The van der Waals surface area contributed by atoms with Crippen LogP contribution in [0.15, 0.2) is 30.5 Å². The highest BCUT2D eigenvalue weighted by molar-refractivity contribution is 6.29. The number of aryl methyl sites for hydroxylation is 1. The lowest BCUT2D eigenvalue weighted by Gasteiger charge is -2.32. The molecule has 0 saturated carbocycles. The van der Waals surface area contributed by atoms with E-state index in [1.165, 1.54) is 16.5 Å². The third-order valence-electron chi connectivity index (χ3n) is 5.22. The zero-order valence-electron chi connectivity index (χ0n) is 13.0. The summed E-state index contributed by atoms with van der Waals surface area (Å²) in [5, 5.41) is 1.88. The van der Waals surface area contributed by atoms with Crippen LogP contribution in [0.1, 0.15) is 24.3 Å². The second-order valence-corrected chi connectivity index (χ2v) is 6.95. The first kappa shape index (κ1) is 13.4. The Labute approximate surface area is 139 Å². The van der Waals surface area contributed by atoms with Gasteiger partial charge in [0.1, 0.15) is 5.15 Å². The number of anilines is 1. The Kier molecular flexibility index (Phi) is 2.74. The van der Waals surface area contributed by atoms with E-state index in [1.807, 2.05) is 6.07 Å². The normalized spacial score (nSPS) is 17.0. The molecule has 116 valence electrons. The summed E-state index contributed by atoms with van der Waals surface area (Å²) < 4.78 is 2.24. The number of rotatable bonds is 0. The molecule has 8 bridgehead atoms. The van der Waals surface area contributed by atoms with Gasteiger partial charge in [0.2, 0.25) is 5.95 Å². The van der Waals surface area contributed by atoms with Crippen LogP contribution < -0.4 is 4.90 Å². The van der Waals surface area contributed by atoms with Crippen LogP contribution in [0.3, 0.4) is 0 Å². The fourth-order valence-electron chi connectivity index (χ4n) is 3.99. The van der Waals surface area contributed by atoms with Crippen molar-refractivity contribution < 1.29 is 0 Å². The number of aromatic nitrogens is 3. The average molecular weight is 325 g/mol. The van der Waals surface area contributed by atoms with Crippen LogP contribution in [0, 0.1) is 0 Å². The molecule has 7 heterocycles. The van der Waals surface area contributed by atoms with Gasteiger partial charge in [-0.2, -0.15) is 0 Å².